The van der Waals surface area contributed by atoms with Crippen molar-refractivity contribution in [2.45, 2.75) is 71.6 Å². The fourth-order valence-electron chi connectivity index (χ4n) is 4.57. The van der Waals surface area contributed by atoms with Crippen LogP contribution in [0, 0.1) is 11.8 Å². The molecule has 3 rings (SSSR count). The summed E-state index contributed by atoms with van der Waals surface area (Å²) >= 11 is 0. The molecule has 1 aliphatic rings. The van der Waals surface area contributed by atoms with Gasteiger partial charge in [-0.25, -0.2) is 9.78 Å². The first kappa shape index (κ1) is 29.1. The minimum atomic E-state index is -0.899. The molecule has 1 saturated heterocycles. The van der Waals surface area contributed by atoms with E-state index in [2.05, 4.69) is 36.3 Å². The maximum Gasteiger partial charge on any atom is 0.328 e. The standard InChI is InChI=1S/C29H38N2O7/c1-18(2)17-36-24-13-9-12-23(29(34)37-19(3)22(24)16-21-10-7-6-8-11-21)31-28(33)26-27(38-20(4)32)25(35-5)14-15-30-26/h6-8,10-11,14-15,18-19,22-24H,9,12-13,16-17H2,1-5H3,(H,31,33)/t19-,22-,23-,24-/m0/s1. The Balaban J connectivity index is 1.81. The number of methoxy groups -OCH3 is 1. The van der Waals surface area contributed by atoms with Gasteiger partial charge in [-0.15, -0.1) is 0 Å². The fourth-order valence-corrected chi connectivity index (χ4v) is 4.57. The lowest BCUT2D eigenvalue weighted by Crippen LogP contribution is -2.44. The van der Waals surface area contributed by atoms with E-state index in [9.17, 15) is 14.4 Å². The molecule has 1 fully saturated rings. The number of nitrogens with one attached hydrogen (secondary N) is 1. The maximum atomic E-state index is 13.2. The van der Waals surface area contributed by atoms with Gasteiger partial charge in [0.25, 0.3) is 5.91 Å². The van der Waals surface area contributed by atoms with E-state index in [0.717, 1.165) is 5.56 Å². The number of pyridine rings is 1. The second-order valence-corrected chi connectivity index (χ2v) is 10.0. The first-order valence-electron chi connectivity index (χ1n) is 13.1. The summed E-state index contributed by atoms with van der Waals surface area (Å²) in [7, 11) is 1.39. The molecule has 0 aliphatic carbocycles. The molecule has 0 bridgehead atoms. The highest BCUT2D eigenvalue weighted by Crippen LogP contribution is 2.31. The molecule has 9 nitrogen and oxygen atoms in total. The van der Waals surface area contributed by atoms with Crippen LogP contribution in [0.25, 0.3) is 0 Å². The molecule has 0 saturated carbocycles. The monoisotopic (exact) mass is 526 g/mol. The molecule has 1 aliphatic heterocycles. The van der Waals surface area contributed by atoms with Crippen LogP contribution in [-0.2, 0) is 25.5 Å². The van der Waals surface area contributed by atoms with Gasteiger partial charge in [0.15, 0.2) is 11.4 Å². The summed E-state index contributed by atoms with van der Waals surface area (Å²) < 4.78 is 22.7. The summed E-state index contributed by atoms with van der Waals surface area (Å²) in [5.74, 6) is -1.42. The lowest BCUT2D eigenvalue weighted by atomic mass is 9.87. The van der Waals surface area contributed by atoms with E-state index in [1.807, 2.05) is 25.1 Å². The topological polar surface area (TPSA) is 113 Å². The van der Waals surface area contributed by atoms with E-state index in [1.165, 1.54) is 26.3 Å². The molecule has 1 aromatic carbocycles. The van der Waals surface area contributed by atoms with Gasteiger partial charge in [0, 0.05) is 31.7 Å². The molecular formula is C29H38N2O7. The Hall–Kier alpha value is -3.46. The van der Waals surface area contributed by atoms with E-state index in [0.29, 0.717) is 38.2 Å². The summed E-state index contributed by atoms with van der Waals surface area (Å²) in [6.45, 7) is 7.91. The normalized spacial score (nSPS) is 22.0. The first-order valence-corrected chi connectivity index (χ1v) is 13.1. The quantitative estimate of drug-likeness (QED) is 0.486. The van der Waals surface area contributed by atoms with Gasteiger partial charge in [-0.2, -0.15) is 0 Å². The maximum absolute atomic E-state index is 13.2. The molecule has 4 atom stereocenters. The molecule has 1 amide bonds. The average molecular weight is 527 g/mol. The Morgan fingerprint density at radius 1 is 1.16 bits per heavy atom. The highest BCUT2D eigenvalue weighted by molar-refractivity contribution is 5.98. The summed E-state index contributed by atoms with van der Waals surface area (Å²) in [5.41, 5.74) is 0.991. The number of esters is 2. The van der Waals surface area contributed by atoms with Crippen molar-refractivity contribution in [2.24, 2.45) is 11.8 Å². The van der Waals surface area contributed by atoms with Crippen molar-refractivity contribution in [3.63, 3.8) is 0 Å². The Kier molecular flexibility index (Phi) is 10.6. The predicted molar refractivity (Wildman–Crippen MR) is 141 cm³/mol. The number of rotatable bonds is 9. The van der Waals surface area contributed by atoms with E-state index < -0.39 is 30.0 Å². The second kappa shape index (κ2) is 13.9. The van der Waals surface area contributed by atoms with Crippen molar-refractivity contribution < 1.29 is 33.3 Å². The van der Waals surface area contributed by atoms with Gasteiger partial charge in [0.05, 0.1) is 13.2 Å². The van der Waals surface area contributed by atoms with Crippen LogP contribution in [-0.4, -0.2) is 54.8 Å². The predicted octanol–water partition coefficient (Wildman–Crippen LogP) is 4.13. The van der Waals surface area contributed by atoms with Gasteiger partial charge < -0.3 is 24.3 Å². The van der Waals surface area contributed by atoms with Gasteiger partial charge >= 0.3 is 11.9 Å². The van der Waals surface area contributed by atoms with Gasteiger partial charge in [0.1, 0.15) is 12.1 Å². The number of hydrogen-bond donors (Lipinski definition) is 1. The molecule has 38 heavy (non-hydrogen) atoms. The van der Waals surface area contributed by atoms with Gasteiger partial charge in [-0.05, 0) is 44.1 Å². The Labute approximate surface area is 224 Å². The van der Waals surface area contributed by atoms with Crippen LogP contribution in [0.1, 0.15) is 63.0 Å². The Morgan fingerprint density at radius 3 is 2.55 bits per heavy atom. The van der Waals surface area contributed by atoms with Crippen LogP contribution >= 0.6 is 0 Å². The Bertz CT molecular complexity index is 1090. The van der Waals surface area contributed by atoms with Crippen LogP contribution in [0.5, 0.6) is 11.5 Å². The number of cyclic esters (lactones) is 1. The minimum Gasteiger partial charge on any atom is -0.493 e. The van der Waals surface area contributed by atoms with E-state index in [4.69, 9.17) is 18.9 Å². The summed E-state index contributed by atoms with van der Waals surface area (Å²) in [6.07, 6.45) is 3.25. The zero-order chi connectivity index (χ0) is 27.7. The molecule has 0 unspecified atom stereocenters. The van der Waals surface area contributed by atoms with Crippen molar-refractivity contribution in [3.05, 3.63) is 53.9 Å². The molecule has 206 valence electrons. The second-order valence-electron chi connectivity index (χ2n) is 10.0. The molecular weight excluding hydrogens is 488 g/mol. The van der Waals surface area contributed by atoms with Crippen molar-refractivity contribution >= 4 is 17.8 Å². The highest BCUT2D eigenvalue weighted by atomic mass is 16.6. The number of ether oxygens (including phenoxy) is 4. The third kappa shape index (κ3) is 8.02. The number of nitrogens with zero attached hydrogens (tertiary/aromatic N) is 1. The van der Waals surface area contributed by atoms with Gasteiger partial charge in [-0.3, -0.25) is 9.59 Å². The van der Waals surface area contributed by atoms with E-state index >= 15 is 0 Å². The minimum absolute atomic E-state index is 0.0508. The van der Waals surface area contributed by atoms with Crippen LogP contribution in [0.4, 0.5) is 0 Å². The molecule has 2 heterocycles. The first-order chi connectivity index (χ1) is 18.2. The zero-order valence-corrected chi connectivity index (χ0v) is 22.8. The van der Waals surface area contributed by atoms with Crippen LogP contribution in [0.3, 0.4) is 0 Å². The molecule has 1 N–H and O–H groups in total. The highest BCUT2D eigenvalue weighted by Gasteiger charge is 2.35. The summed E-state index contributed by atoms with van der Waals surface area (Å²) in [4.78, 5) is 42.1. The fraction of sp³-hybridized carbons (Fsp3) is 0.517. The van der Waals surface area contributed by atoms with Crippen molar-refractivity contribution in [2.75, 3.05) is 13.7 Å². The molecule has 0 spiro atoms. The van der Waals surface area contributed by atoms with Crippen molar-refractivity contribution in [1.82, 2.24) is 10.3 Å². The number of benzene rings is 1. The van der Waals surface area contributed by atoms with E-state index in [1.54, 1.807) is 0 Å². The van der Waals surface area contributed by atoms with Gasteiger partial charge in [-0.1, -0.05) is 44.2 Å². The van der Waals surface area contributed by atoms with Crippen LogP contribution < -0.4 is 14.8 Å². The SMILES string of the molecule is COc1ccnc(C(=O)N[C@H]2CCC[C@H](OCC(C)C)[C@@H](Cc3ccccc3)[C@H](C)OC2=O)c1OC(C)=O. The van der Waals surface area contributed by atoms with E-state index in [-0.39, 0.29) is 29.2 Å². The Morgan fingerprint density at radius 2 is 1.89 bits per heavy atom. The van der Waals surface area contributed by atoms with Crippen molar-refractivity contribution in [3.8, 4) is 11.5 Å². The van der Waals surface area contributed by atoms with Crippen molar-refractivity contribution in [1.29, 1.82) is 0 Å². The number of aromatic nitrogens is 1. The lowest BCUT2D eigenvalue weighted by Gasteiger charge is -2.32. The molecule has 1 aromatic heterocycles. The van der Waals surface area contributed by atoms with Crippen LogP contribution in [0.15, 0.2) is 42.6 Å². The third-order valence-corrected chi connectivity index (χ3v) is 6.46. The molecule has 2 aromatic rings. The number of amides is 1. The third-order valence-electron chi connectivity index (χ3n) is 6.46. The largest absolute Gasteiger partial charge is 0.493 e. The zero-order valence-electron chi connectivity index (χ0n) is 22.8. The molecule has 0 radical (unpaired) electrons. The number of carbonyl (C=O) groups is 3. The summed E-state index contributed by atoms with van der Waals surface area (Å²) in [5, 5.41) is 2.73. The number of hydrogen-bond acceptors (Lipinski definition) is 8. The molecule has 9 heteroatoms. The average Bonchev–Trinajstić information content (AvgIpc) is 2.93. The number of carbonyl (C=O) groups excluding carboxylic acids is 3. The summed E-state index contributed by atoms with van der Waals surface area (Å²) in [6, 6.07) is 10.7. The van der Waals surface area contributed by atoms with Gasteiger partial charge in [0.2, 0.25) is 5.75 Å². The smallest absolute Gasteiger partial charge is 0.328 e. The van der Waals surface area contributed by atoms with Crippen LogP contribution in [0.2, 0.25) is 0 Å². The lowest BCUT2D eigenvalue weighted by molar-refractivity contribution is -0.155.